The van der Waals surface area contributed by atoms with Crippen LogP contribution in [-0.2, 0) is 5.41 Å². The van der Waals surface area contributed by atoms with Gasteiger partial charge in [-0.25, -0.2) is 9.37 Å². The molecular formula is C19H23FN2O3. The van der Waals surface area contributed by atoms with E-state index in [1.807, 2.05) is 20.8 Å². The van der Waals surface area contributed by atoms with Crippen molar-refractivity contribution in [1.82, 2.24) is 9.88 Å². The maximum atomic E-state index is 13.6. The molecule has 0 saturated carbocycles. The van der Waals surface area contributed by atoms with Crippen molar-refractivity contribution in [2.75, 3.05) is 13.1 Å². The number of hydrogen-bond donors (Lipinski definition) is 0. The Balaban J connectivity index is 1.67. The normalized spacial score (nSPS) is 15.2. The molecule has 1 amide bonds. The van der Waals surface area contributed by atoms with Crippen LogP contribution in [0.3, 0.4) is 0 Å². The number of oxazole rings is 1. The zero-order chi connectivity index (χ0) is 18.4. The lowest BCUT2D eigenvalue weighted by Gasteiger charge is -2.39. The van der Waals surface area contributed by atoms with Gasteiger partial charge in [-0.1, -0.05) is 20.8 Å². The second-order valence-corrected chi connectivity index (χ2v) is 7.48. The first-order valence-corrected chi connectivity index (χ1v) is 8.35. The Kier molecular flexibility index (Phi) is 4.31. The highest BCUT2D eigenvalue weighted by Gasteiger charge is 2.35. The van der Waals surface area contributed by atoms with Crippen LogP contribution in [0.1, 0.15) is 48.5 Å². The number of benzene rings is 1. The fraction of sp³-hybridized carbons (Fsp3) is 0.474. The quantitative estimate of drug-likeness (QED) is 0.851. The number of halogens is 1. The molecule has 1 aromatic carbocycles. The molecule has 1 fully saturated rings. The smallest absolute Gasteiger partial charge is 0.276 e. The van der Waals surface area contributed by atoms with Crippen LogP contribution in [0.5, 0.6) is 5.75 Å². The van der Waals surface area contributed by atoms with Crippen molar-refractivity contribution in [2.45, 2.75) is 46.1 Å². The second-order valence-electron chi connectivity index (χ2n) is 7.48. The van der Waals surface area contributed by atoms with Gasteiger partial charge in [-0.2, -0.15) is 0 Å². The molecule has 0 spiro atoms. The highest BCUT2D eigenvalue weighted by molar-refractivity contribution is 5.93. The first-order valence-electron chi connectivity index (χ1n) is 8.35. The van der Waals surface area contributed by atoms with Gasteiger partial charge in [-0.15, -0.1) is 0 Å². The second kappa shape index (κ2) is 6.17. The molecule has 2 aromatic rings. The summed E-state index contributed by atoms with van der Waals surface area (Å²) in [7, 11) is 0. The average molecular weight is 346 g/mol. The van der Waals surface area contributed by atoms with Crippen LogP contribution in [-0.4, -0.2) is 35.0 Å². The third kappa shape index (κ3) is 3.52. The van der Waals surface area contributed by atoms with Gasteiger partial charge in [-0.05, 0) is 30.5 Å². The average Bonchev–Trinajstić information content (AvgIpc) is 2.80. The maximum absolute atomic E-state index is 13.6. The van der Waals surface area contributed by atoms with Gasteiger partial charge < -0.3 is 14.1 Å². The van der Waals surface area contributed by atoms with Crippen LogP contribution in [0, 0.1) is 19.7 Å². The molecule has 1 aliphatic heterocycles. The summed E-state index contributed by atoms with van der Waals surface area (Å²) in [6.07, 6.45) is -0.108. The molecule has 0 N–H and O–H groups in total. The molecular weight excluding hydrogens is 323 g/mol. The minimum absolute atomic E-state index is 0.108. The summed E-state index contributed by atoms with van der Waals surface area (Å²) in [6, 6.07) is 4.57. The predicted molar refractivity (Wildman–Crippen MR) is 91.4 cm³/mol. The van der Waals surface area contributed by atoms with Gasteiger partial charge in [0.15, 0.2) is 11.6 Å². The van der Waals surface area contributed by atoms with E-state index >= 15 is 0 Å². The lowest BCUT2D eigenvalue weighted by molar-refractivity contribution is 0.0165. The van der Waals surface area contributed by atoms with Crippen LogP contribution >= 0.6 is 0 Å². The van der Waals surface area contributed by atoms with E-state index in [2.05, 4.69) is 4.98 Å². The van der Waals surface area contributed by atoms with Crippen LogP contribution < -0.4 is 4.74 Å². The van der Waals surface area contributed by atoms with Crippen LogP contribution in [0.15, 0.2) is 22.6 Å². The molecule has 6 heteroatoms. The Morgan fingerprint density at radius 1 is 1.32 bits per heavy atom. The largest absolute Gasteiger partial charge is 0.486 e. The molecule has 25 heavy (non-hydrogen) atoms. The van der Waals surface area contributed by atoms with Gasteiger partial charge in [0, 0.05) is 12.5 Å². The highest BCUT2D eigenvalue weighted by atomic mass is 19.1. The molecule has 5 nitrogen and oxygen atoms in total. The lowest BCUT2D eigenvalue weighted by atomic mass is 9.86. The topological polar surface area (TPSA) is 55.6 Å². The van der Waals surface area contributed by atoms with Crippen molar-refractivity contribution in [3.63, 3.8) is 0 Å². The van der Waals surface area contributed by atoms with Crippen LogP contribution in [0.25, 0.3) is 0 Å². The van der Waals surface area contributed by atoms with E-state index in [1.165, 1.54) is 12.1 Å². The highest BCUT2D eigenvalue weighted by Crippen LogP contribution is 2.33. The van der Waals surface area contributed by atoms with Gasteiger partial charge >= 0.3 is 0 Å². The summed E-state index contributed by atoms with van der Waals surface area (Å²) in [5.74, 6) is 1.25. The molecule has 1 saturated heterocycles. The van der Waals surface area contributed by atoms with Crippen molar-refractivity contribution in [3.8, 4) is 5.75 Å². The van der Waals surface area contributed by atoms with E-state index in [1.54, 1.807) is 24.8 Å². The third-order valence-corrected chi connectivity index (χ3v) is 4.28. The number of aromatic nitrogens is 1. The first-order chi connectivity index (χ1) is 11.6. The molecule has 0 aliphatic carbocycles. The zero-order valence-electron chi connectivity index (χ0n) is 15.2. The molecule has 3 rings (SSSR count). The summed E-state index contributed by atoms with van der Waals surface area (Å²) in [5.41, 5.74) is 0.944. The van der Waals surface area contributed by atoms with Crippen molar-refractivity contribution in [2.24, 2.45) is 0 Å². The van der Waals surface area contributed by atoms with Crippen LogP contribution in [0.4, 0.5) is 4.39 Å². The molecule has 134 valence electrons. The molecule has 0 unspecified atom stereocenters. The number of rotatable bonds is 3. The van der Waals surface area contributed by atoms with E-state index in [9.17, 15) is 9.18 Å². The Morgan fingerprint density at radius 2 is 2.00 bits per heavy atom. The van der Waals surface area contributed by atoms with Crippen molar-refractivity contribution in [1.29, 1.82) is 0 Å². The number of nitrogens with zero attached hydrogens (tertiary/aromatic N) is 2. The summed E-state index contributed by atoms with van der Waals surface area (Å²) in [5, 5.41) is 0. The Labute approximate surface area is 146 Å². The molecule has 0 atom stereocenters. The zero-order valence-corrected chi connectivity index (χ0v) is 15.2. The minimum Gasteiger partial charge on any atom is -0.486 e. The van der Waals surface area contributed by atoms with Crippen molar-refractivity contribution >= 4 is 5.91 Å². The van der Waals surface area contributed by atoms with E-state index < -0.39 is 0 Å². The molecule has 0 bridgehead atoms. The molecule has 0 radical (unpaired) electrons. The molecule has 1 aromatic heterocycles. The fourth-order valence-electron chi connectivity index (χ4n) is 2.93. The fourth-order valence-corrected chi connectivity index (χ4v) is 2.93. The number of likely N-dealkylation sites (tertiary alicyclic amines) is 1. The summed E-state index contributed by atoms with van der Waals surface area (Å²) >= 11 is 0. The Morgan fingerprint density at radius 3 is 2.56 bits per heavy atom. The number of ether oxygens (including phenoxy) is 1. The van der Waals surface area contributed by atoms with E-state index in [4.69, 9.17) is 9.15 Å². The summed E-state index contributed by atoms with van der Waals surface area (Å²) in [6.45, 7) is 10.4. The summed E-state index contributed by atoms with van der Waals surface area (Å²) < 4.78 is 24.9. The molecule has 1 aliphatic rings. The lowest BCUT2D eigenvalue weighted by Crippen LogP contribution is -2.56. The summed E-state index contributed by atoms with van der Waals surface area (Å²) in [4.78, 5) is 18.2. The standard InChI is InChI=1S/C19H23FN2O3/c1-11-17(21-12(2)24-11)18(23)22-9-14(10-22)25-16-7-6-13(20)8-15(16)19(3,4)5/h6-8,14H,9-10H2,1-5H3. The number of carbonyl (C=O) groups is 1. The minimum atomic E-state index is -0.278. The van der Waals surface area contributed by atoms with Gasteiger partial charge in [0.2, 0.25) is 0 Å². The van der Waals surface area contributed by atoms with E-state index in [-0.39, 0.29) is 23.2 Å². The van der Waals surface area contributed by atoms with Crippen LogP contribution in [0.2, 0.25) is 0 Å². The van der Waals surface area contributed by atoms with Gasteiger partial charge in [0.05, 0.1) is 13.1 Å². The van der Waals surface area contributed by atoms with Gasteiger partial charge in [0.25, 0.3) is 5.91 Å². The van der Waals surface area contributed by atoms with Gasteiger partial charge in [-0.3, -0.25) is 4.79 Å². The first kappa shape index (κ1) is 17.5. The number of carbonyl (C=O) groups excluding carboxylic acids is 1. The van der Waals surface area contributed by atoms with Gasteiger partial charge in [0.1, 0.15) is 23.4 Å². The maximum Gasteiger partial charge on any atom is 0.276 e. The predicted octanol–water partition coefficient (Wildman–Crippen LogP) is 3.63. The number of aryl methyl sites for hydroxylation is 2. The Bertz CT molecular complexity index is 801. The van der Waals surface area contributed by atoms with E-state index in [0.717, 1.165) is 5.56 Å². The van der Waals surface area contributed by atoms with Crippen molar-refractivity contribution in [3.05, 3.63) is 46.9 Å². The monoisotopic (exact) mass is 346 g/mol. The SMILES string of the molecule is Cc1nc(C(=O)N2CC(Oc3ccc(F)cc3C(C)(C)C)C2)c(C)o1. The Hall–Kier alpha value is -2.37. The molecule has 2 heterocycles. The van der Waals surface area contributed by atoms with E-state index in [0.29, 0.717) is 36.2 Å². The number of amides is 1. The number of hydrogen-bond acceptors (Lipinski definition) is 4. The van der Waals surface area contributed by atoms with Crippen molar-refractivity contribution < 1.29 is 18.3 Å². The third-order valence-electron chi connectivity index (χ3n) is 4.28.